The Labute approximate surface area is 137 Å². The molecule has 0 unspecified atom stereocenters. The van der Waals surface area contributed by atoms with Gasteiger partial charge >= 0.3 is 0 Å². The molecule has 0 spiro atoms. The lowest BCUT2D eigenvalue weighted by molar-refractivity contribution is -0.145. The van der Waals surface area contributed by atoms with Crippen LogP contribution in [-0.2, 0) is 9.53 Å². The van der Waals surface area contributed by atoms with Gasteiger partial charge in [0.25, 0.3) is 0 Å². The van der Waals surface area contributed by atoms with Crippen LogP contribution in [0.1, 0.15) is 32.0 Å². The summed E-state index contributed by atoms with van der Waals surface area (Å²) in [5, 5.41) is 0. The minimum atomic E-state index is 0.0431. The Balaban J connectivity index is 1.59. The number of carbonyl (C=O) groups is 1. The van der Waals surface area contributed by atoms with Crippen LogP contribution in [0.15, 0.2) is 12.3 Å². The molecule has 6 heteroatoms. The molecule has 2 saturated heterocycles. The molecular weight excluding hydrogens is 292 g/mol. The maximum atomic E-state index is 12.8. The minimum Gasteiger partial charge on any atom is -0.377 e. The van der Waals surface area contributed by atoms with Crippen molar-refractivity contribution in [3.8, 4) is 0 Å². The van der Waals surface area contributed by atoms with Crippen LogP contribution in [0.5, 0.6) is 0 Å². The monoisotopic (exact) mass is 318 g/mol. The topological polar surface area (TPSA) is 58.6 Å². The maximum absolute atomic E-state index is 12.8. The van der Waals surface area contributed by atoms with Gasteiger partial charge in [0.05, 0.1) is 12.0 Å². The number of ether oxygens (including phenoxy) is 1. The number of aryl methyl sites for hydroxylation is 1. The van der Waals surface area contributed by atoms with Gasteiger partial charge in [0.2, 0.25) is 5.91 Å². The predicted octanol–water partition coefficient (Wildman–Crippen LogP) is 1.64. The molecule has 2 fully saturated rings. The highest BCUT2D eigenvalue weighted by Gasteiger charge is 2.34. The van der Waals surface area contributed by atoms with Gasteiger partial charge in [0.1, 0.15) is 11.6 Å². The average Bonchev–Trinajstić information content (AvgIpc) is 2.61. The van der Waals surface area contributed by atoms with E-state index in [2.05, 4.69) is 21.8 Å². The maximum Gasteiger partial charge on any atom is 0.228 e. The molecule has 2 aliphatic heterocycles. The summed E-state index contributed by atoms with van der Waals surface area (Å²) in [6.45, 7) is 7.97. The van der Waals surface area contributed by atoms with Crippen LogP contribution < -0.4 is 4.90 Å². The zero-order valence-electron chi connectivity index (χ0n) is 14.1. The van der Waals surface area contributed by atoms with Gasteiger partial charge in [-0.2, -0.15) is 0 Å². The standard InChI is InChI=1S/C17H26N4O2/c1-3-15-14(5-4-12-23-15)17(22)21-10-8-20(9-11-21)16-6-7-18-13(2)19-16/h6-7,14-15H,3-5,8-12H2,1-2H3/t14-,15+/m0/s1. The van der Waals surface area contributed by atoms with Crippen LogP contribution >= 0.6 is 0 Å². The third-order valence-electron chi connectivity index (χ3n) is 4.84. The van der Waals surface area contributed by atoms with E-state index in [9.17, 15) is 4.79 Å². The summed E-state index contributed by atoms with van der Waals surface area (Å²) >= 11 is 0. The van der Waals surface area contributed by atoms with Crippen molar-refractivity contribution in [1.82, 2.24) is 14.9 Å². The fraction of sp³-hybridized carbons (Fsp3) is 0.706. The summed E-state index contributed by atoms with van der Waals surface area (Å²) < 4.78 is 5.78. The van der Waals surface area contributed by atoms with Crippen LogP contribution in [0.25, 0.3) is 0 Å². The number of piperazine rings is 1. The zero-order valence-corrected chi connectivity index (χ0v) is 14.1. The molecule has 2 atom stereocenters. The van der Waals surface area contributed by atoms with Gasteiger partial charge in [0.15, 0.2) is 0 Å². The highest BCUT2D eigenvalue weighted by atomic mass is 16.5. The SMILES string of the molecule is CC[C@H]1OCCC[C@@H]1C(=O)N1CCN(c2ccnc(C)n2)CC1. The van der Waals surface area contributed by atoms with Crippen molar-refractivity contribution < 1.29 is 9.53 Å². The summed E-state index contributed by atoms with van der Waals surface area (Å²) in [7, 11) is 0. The third kappa shape index (κ3) is 3.63. The van der Waals surface area contributed by atoms with E-state index < -0.39 is 0 Å². The number of aromatic nitrogens is 2. The Morgan fingerprint density at radius 3 is 2.83 bits per heavy atom. The minimum absolute atomic E-state index is 0.0431. The van der Waals surface area contributed by atoms with E-state index >= 15 is 0 Å². The van der Waals surface area contributed by atoms with Crippen LogP contribution in [0.3, 0.4) is 0 Å². The molecule has 0 saturated carbocycles. The zero-order chi connectivity index (χ0) is 16.2. The average molecular weight is 318 g/mol. The first-order chi connectivity index (χ1) is 11.2. The third-order valence-corrected chi connectivity index (χ3v) is 4.84. The van der Waals surface area contributed by atoms with Gasteiger partial charge in [-0.15, -0.1) is 0 Å². The summed E-state index contributed by atoms with van der Waals surface area (Å²) in [6, 6.07) is 1.94. The van der Waals surface area contributed by atoms with Gasteiger partial charge < -0.3 is 14.5 Å². The van der Waals surface area contributed by atoms with Crippen LogP contribution in [0, 0.1) is 12.8 Å². The van der Waals surface area contributed by atoms with E-state index in [-0.39, 0.29) is 17.9 Å². The lowest BCUT2D eigenvalue weighted by Crippen LogP contribution is -2.52. The lowest BCUT2D eigenvalue weighted by Gasteiger charge is -2.39. The molecular formula is C17H26N4O2. The van der Waals surface area contributed by atoms with Crippen molar-refractivity contribution in [2.75, 3.05) is 37.7 Å². The highest BCUT2D eigenvalue weighted by molar-refractivity contribution is 5.79. The van der Waals surface area contributed by atoms with E-state index in [1.807, 2.05) is 17.9 Å². The Kier molecular flexibility index (Phi) is 5.10. The molecule has 23 heavy (non-hydrogen) atoms. The van der Waals surface area contributed by atoms with Gasteiger partial charge in [-0.3, -0.25) is 4.79 Å². The number of nitrogens with zero attached hydrogens (tertiary/aromatic N) is 4. The Morgan fingerprint density at radius 2 is 2.13 bits per heavy atom. The molecule has 3 rings (SSSR count). The first-order valence-electron chi connectivity index (χ1n) is 8.64. The second kappa shape index (κ2) is 7.25. The van der Waals surface area contributed by atoms with Gasteiger partial charge in [-0.25, -0.2) is 9.97 Å². The summed E-state index contributed by atoms with van der Waals surface area (Å²) in [5.41, 5.74) is 0. The molecule has 1 amide bonds. The van der Waals surface area contributed by atoms with E-state index in [4.69, 9.17) is 4.74 Å². The van der Waals surface area contributed by atoms with E-state index in [0.717, 1.165) is 63.7 Å². The Morgan fingerprint density at radius 1 is 1.35 bits per heavy atom. The van der Waals surface area contributed by atoms with Crippen molar-refractivity contribution in [1.29, 1.82) is 0 Å². The van der Waals surface area contributed by atoms with Crippen molar-refractivity contribution in [3.05, 3.63) is 18.1 Å². The van der Waals surface area contributed by atoms with E-state index in [1.54, 1.807) is 6.20 Å². The molecule has 0 aromatic carbocycles. The summed E-state index contributed by atoms with van der Waals surface area (Å²) in [6.07, 6.45) is 4.76. The fourth-order valence-electron chi connectivity index (χ4n) is 3.54. The summed E-state index contributed by atoms with van der Waals surface area (Å²) in [5.74, 6) is 2.06. The number of hydrogen-bond acceptors (Lipinski definition) is 5. The van der Waals surface area contributed by atoms with E-state index in [1.165, 1.54) is 0 Å². The lowest BCUT2D eigenvalue weighted by atomic mass is 9.91. The molecule has 0 N–H and O–H groups in total. The molecule has 0 radical (unpaired) electrons. The molecule has 2 aliphatic rings. The van der Waals surface area contributed by atoms with Crippen LogP contribution in [-0.4, -0.2) is 59.7 Å². The molecule has 3 heterocycles. The fourth-order valence-corrected chi connectivity index (χ4v) is 3.54. The Bertz CT molecular complexity index is 543. The highest BCUT2D eigenvalue weighted by Crippen LogP contribution is 2.26. The number of hydrogen-bond donors (Lipinski definition) is 0. The van der Waals surface area contributed by atoms with Gasteiger partial charge in [-0.1, -0.05) is 6.92 Å². The van der Waals surface area contributed by atoms with Crippen LogP contribution in [0.2, 0.25) is 0 Å². The summed E-state index contributed by atoms with van der Waals surface area (Å²) in [4.78, 5) is 25.7. The quantitative estimate of drug-likeness (QED) is 0.848. The molecule has 0 aliphatic carbocycles. The second-order valence-electron chi connectivity index (χ2n) is 6.34. The second-order valence-corrected chi connectivity index (χ2v) is 6.34. The number of amides is 1. The normalized spacial score (nSPS) is 25.5. The Hall–Kier alpha value is -1.69. The molecule has 0 bridgehead atoms. The van der Waals surface area contributed by atoms with Crippen molar-refractivity contribution in [3.63, 3.8) is 0 Å². The van der Waals surface area contributed by atoms with Crippen molar-refractivity contribution in [2.24, 2.45) is 5.92 Å². The molecule has 1 aromatic rings. The molecule has 6 nitrogen and oxygen atoms in total. The first-order valence-corrected chi connectivity index (χ1v) is 8.64. The van der Waals surface area contributed by atoms with Gasteiger partial charge in [-0.05, 0) is 32.3 Å². The largest absolute Gasteiger partial charge is 0.377 e. The van der Waals surface area contributed by atoms with Crippen LogP contribution in [0.4, 0.5) is 5.82 Å². The van der Waals surface area contributed by atoms with Crippen molar-refractivity contribution in [2.45, 2.75) is 39.2 Å². The number of anilines is 1. The smallest absolute Gasteiger partial charge is 0.228 e. The first kappa shape index (κ1) is 16.2. The number of rotatable bonds is 3. The van der Waals surface area contributed by atoms with E-state index in [0.29, 0.717) is 0 Å². The van der Waals surface area contributed by atoms with Gasteiger partial charge in [0, 0.05) is 39.0 Å². The molecule has 1 aromatic heterocycles. The number of carbonyl (C=O) groups excluding carboxylic acids is 1. The molecule has 126 valence electrons. The van der Waals surface area contributed by atoms with Crippen molar-refractivity contribution >= 4 is 11.7 Å². The predicted molar refractivity (Wildman–Crippen MR) is 88.3 cm³/mol.